The molecule has 0 saturated carbocycles. The summed E-state index contributed by atoms with van der Waals surface area (Å²) in [6.45, 7) is 5.94. The Morgan fingerprint density at radius 1 is 1.27 bits per heavy atom. The molecular weight excluding hydrogens is 284 g/mol. The molecule has 1 atom stereocenters. The molecule has 0 fully saturated rings. The highest BCUT2D eigenvalue weighted by atomic mass is 16.1. The van der Waals surface area contributed by atoms with Crippen LogP contribution in [0.25, 0.3) is 5.65 Å². The van der Waals surface area contributed by atoms with E-state index in [0.717, 1.165) is 0 Å². The van der Waals surface area contributed by atoms with Crippen molar-refractivity contribution in [3.8, 4) is 0 Å². The standard InChI is InChI=1S/C13H16N8O/c1-8(2)20-7-14-17-12(20)9(3)15-13(22)10-4-5-21-11(6-10)16-18-19-21/h4-9H,1-3H3,(H,15,22)/t9-/m0/s1. The SMILES string of the molecule is CC(C)n1cnnc1[C@H](C)NC(=O)c1ccn2nnnc2c1. The van der Waals surface area contributed by atoms with Crippen LogP contribution in [0.3, 0.4) is 0 Å². The zero-order valence-electron chi connectivity index (χ0n) is 12.5. The number of hydrogen-bond acceptors (Lipinski definition) is 6. The van der Waals surface area contributed by atoms with Crippen molar-refractivity contribution in [1.29, 1.82) is 0 Å². The second-order valence-corrected chi connectivity index (χ2v) is 5.28. The third-order valence-corrected chi connectivity index (χ3v) is 3.35. The minimum Gasteiger partial charge on any atom is -0.342 e. The molecule has 9 nitrogen and oxygen atoms in total. The van der Waals surface area contributed by atoms with Gasteiger partial charge in [0.15, 0.2) is 11.5 Å². The molecule has 0 aromatic carbocycles. The summed E-state index contributed by atoms with van der Waals surface area (Å²) in [5, 5.41) is 22.0. The fraction of sp³-hybridized carbons (Fsp3) is 0.385. The summed E-state index contributed by atoms with van der Waals surface area (Å²) in [6, 6.07) is 3.26. The molecule has 1 N–H and O–H groups in total. The Labute approximate surface area is 126 Å². The normalized spacial score (nSPS) is 12.7. The van der Waals surface area contributed by atoms with Gasteiger partial charge >= 0.3 is 0 Å². The van der Waals surface area contributed by atoms with Gasteiger partial charge in [-0.15, -0.1) is 15.3 Å². The van der Waals surface area contributed by atoms with Crippen LogP contribution in [-0.4, -0.2) is 40.7 Å². The number of fused-ring (bicyclic) bond motifs is 1. The molecule has 0 aliphatic carbocycles. The molecule has 0 spiro atoms. The van der Waals surface area contributed by atoms with E-state index in [0.29, 0.717) is 17.0 Å². The third-order valence-electron chi connectivity index (χ3n) is 3.35. The van der Waals surface area contributed by atoms with Crippen LogP contribution in [0.4, 0.5) is 0 Å². The zero-order chi connectivity index (χ0) is 15.7. The highest BCUT2D eigenvalue weighted by Gasteiger charge is 2.18. The number of hydrogen-bond donors (Lipinski definition) is 1. The first-order valence-corrected chi connectivity index (χ1v) is 6.94. The second-order valence-electron chi connectivity index (χ2n) is 5.28. The van der Waals surface area contributed by atoms with Crippen LogP contribution in [0.5, 0.6) is 0 Å². The smallest absolute Gasteiger partial charge is 0.252 e. The molecule has 0 unspecified atom stereocenters. The lowest BCUT2D eigenvalue weighted by atomic mass is 10.2. The van der Waals surface area contributed by atoms with Crippen LogP contribution < -0.4 is 5.32 Å². The summed E-state index contributed by atoms with van der Waals surface area (Å²) in [4.78, 5) is 12.4. The Bertz CT molecular complexity index is 805. The van der Waals surface area contributed by atoms with Gasteiger partial charge in [0.05, 0.1) is 6.04 Å². The number of amides is 1. The Morgan fingerprint density at radius 2 is 2.09 bits per heavy atom. The minimum absolute atomic E-state index is 0.212. The summed E-state index contributed by atoms with van der Waals surface area (Å²) in [7, 11) is 0. The van der Waals surface area contributed by atoms with E-state index in [9.17, 15) is 4.79 Å². The van der Waals surface area contributed by atoms with E-state index in [-0.39, 0.29) is 18.0 Å². The van der Waals surface area contributed by atoms with Crippen LogP contribution in [0.2, 0.25) is 0 Å². The molecule has 0 radical (unpaired) electrons. The molecule has 9 heteroatoms. The molecule has 0 aliphatic heterocycles. The van der Waals surface area contributed by atoms with Crippen molar-refractivity contribution in [2.24, 2.45) is 0 Å². The molecule has 0 bridgehead atoms. The maximum Gasteiger partial charge on any atom is 0.252 e. The molecule has 0 saturated heterocycles. The Morgan fingerprint density at radius 3 is 2.86 bits per heavy atom. The maximum absolute atomic E-state index is 12.4. The molecule has 3 rings (SSSR count). The highest BCUT2D eigenvalue weighted by Crippen LogP contribution is 2.15. The Balaban J connectivity index is 1.79. The molecule has 0 aliphatic rings. The van der Waals surface area contributed by atoms with E-state index in [1.165, 1.54) is 4.52 Å². The summed E-state index contributed by atoms with van der Waals surface area (Å²) in [5.74, 6) is 0.505. The monoisotopic (exact) mass is 300 g/mol. The largest absolute Gasteiger partial charge is 0.342 e. The van der Waals surface area contributed by atoms with E-state index in [4.69, 9.17) is 0 Å². The summed E-state index contributed by atoms with van der Waals surface area (Å²) in [5.41, 5.74) is 1.01. The van der Waals surface area contributed by atoms with E-state index >= 15 is 0 Å². The topological polar surface area (TPSA) is 103 Å². The number of pyridine rings is 1. The number of tetrazole rings is 1. The summed E-state index contributed by atoms with van der Waals surface area (Å²) < 4.78 is 3.42. The number of rotatable bonds is 4. The molecular formula is C13H16N8O. The summed E-state index contributed by atoms with van der Waals surface area (Å²) in [6.07, 6.45) is 3.31. The van der Waals surface area contributed by atoms with Gasteiger partial charge in [0.1, 0.15) is 6.33 Å². The summed E-state index contributed by atoms with van der Waals surface area (Å²) >= 11 is 0. The molecule has 22 heavy (non-hydrogen) atoms. The van der Waals surface area contributed by atoms with Crippen LogP contribution in [0, 0.1) is 0 Å². The lowest BCUT2D eigenvalue weighted by molar-refractivity contribution is 0.0937. The van der Waals surface area contributed by atoms with Crippen LogP contribution in [0.1, 0.15) is 49.0 Å². The van der Waals surface area contributed by atoms with Gasteiger partial charge in [-0.2, -0.15) is 0 Å². The lowest BCUT2D eigenvalue weighted by Crippen LogP contribution is -2.29. The molecule has 3 aromatic rings. The predicted octanol–water partition coefficient (Wildman–Crippen LogP) is 0.788. The Hall–Kier alpha value is -2.84. The number of carbonyl (C=O) groups is 1. The molecule has 114 valence electrons. The highest BCUT2D eigenvalue weighted by molar-refractivity contribution is 5.95. The van der Waals surface area contributed by atoms with Gasteiger partial charge in [-0.25, -0.2) is 4.52 Å². The van der Waals surface area contributed by atoms with Crippen LogP contribution in [-0.2, 0) is 0 Å². The molecule has 1 amide bonds. The van der Waals surface area contributed by atoms with Gasteiger partial charge in [0.2, 0.25) is 0 Å². The quantitative estimate of drug-likeness (QED) is 0.764. The fourth-order valence-corrected chi connectivity index (χ4v) is 2.19. The van der Waals surface area contributed by atoms with Gasteiger partial charge in [-0.05, 0) is 43.3 Å². The van der Waals surface area contributed by atoms with Crippen LogP contribution in [0.15, 0.2) is 24.7 Å². The van der Waals surface area contributed by atoms with E-state index in [1.54, 1.807) is 24.7 Å². The fourth-order valence-electron chi connectivity index (χ4n) is 2.19. The average Bonchev–Trinajstić information content (AvgIpc) is 3.15. The van der Waals surface area contributed by atoms with Gasteiger partial charge in [0.25, 0.3) is 5.91 Å². The lowest BCUT2D eigenvalue weighted by Gasteiger charge is -2.16. The third kappa shape index (κ3) is 2.52. The molecule has 3 aromatic heterocycles. The van der Waals surface area contributed by atoms with Gasteiger partial charge in [-0.3, -0.25) is 4.79 Å². The number of carbonyl (C=O) groups excluding carboxylic acids is 1. The maximum atomic E-state index is 12.4. The first-order valence-electron chi connectivity index (χ1n) is 6.94. The van der Waals surface area contributed by atoms with E-state index in [1.807, 2.05) is 25.3 Å². The van der Waals surface area contributed by atoms with Crippen molar-refractivity contribution >= 4 is 11.6 Å². The van der Waals surface area contributed by atoms with Crippen molar-refractivity contribution in [3.05, 3.63) is 36.0 Å². The van der Waals surface area contributed by atoms with E-state index < -0.39 is 0 Å². The Kier molecular flexibility index (Phi) is 3.53. The van der Waals surface area contributed by atoms with Gasteiger partial charge in [-0.1, -0.05) is 0 Å². The van der Waals surface area contributed by atoms with E-state index in [2.05, 4.69) is 31.0 Å². The van der Waals surface area contributed by atoms with Gasteiger partial charge < -0.3 is 9.88 Å². The zero-order valence-corrected chi connectivity index (χ0v) is 12.5. The van der Waals surface area contributed by atoms with Crippen LogP contribution >= 0.6 is 0 Å². The van der Waals surface area contributed by atoms with Crippen molar-refractivity contribution in [1.82, 2.24) is 40.1 Å². The van der Waals surface area contributed by atoms with Crippen molar-refractivity contribution in [3.63, 3.8) is 0 Å². The number of nitrogens with zero attached hydrogens (tertiary/aromatic N) is 7. The second kappa shape index (κ2) is 5.51. The van der Waals surface area contributed by atoms with Crippen molar-refractivity contribution in [2.75, 3.05) is 0 Å². The molecule has 3 heterocycles. The first-order chi connectivity index (χ1) is 10.6. The first kappa shape index (κ1) is 14.1. The number of nitrogens with one attached hydrogen (secondary N) is 1. The average molecular weight is 300 g/mol. The van der Waals surface area contributed by atoms with Gasteiger partial charge in [0, 0.05) is 17.8 Å². The van der Waals surface area contributed by atoms with Crippen molar-refractivity contribution < 1.29 is 4.79 Å². The van der Waals surface area contributed by atoms with Crippen molar-refractivity contribution in [2.45, 2.75) is 32.9 Å². The predicted molar refractivity (Wildman–Crippen MR) is 77.1 cm³/mol. The minimum atomic E-state index is -0.260. The number of aromatic nitrogens is 7.